The van der Waals surface area contributed by atoms with Gasteiger partial charge in [-0.1, -0.05) is 13.8 Å². The van der Waals surface area contributed by atoms with E-state index in [2.05, 4.69) is 47.0 Å². The molecule has 0 spiro atoms. The molecule has 1 saturated heterocycles. The average molecular weight is 342 g/mol. The summed E-state index contributed by atoms with van der Waals surface area (Å²) in [6, 6.07) is 0. The normalized spacial score (nSPS) is 18.8. The lowest BCUT2D eigenvalue weighted by molar-refractivity contribution is 0.110. The highest BCUT2D eigenvalue weighted by molar-refractivity contribution is 9.10. The number of anilines is 1. The van der Waals surface area contributed by atoms with Crippen LogP contribution in [0, 0.1) is 5.92 Å². The molecule has 1 aliphatic heterocycles. The second-order valence-corrected chi connectivity index (χ2v) is 6.51. The Morgan fingerprint density at radius 3 is 2.80 bits per heavy atom. The van der Waals surface area contributed by atoms with E-state index in [4.69, 9.17) is 9.72 Å². The van der Waals surface area contributed by atoms with Gasteiger partial charge in [-0.2, -0.15) is 0 Å². The van der Waals surface area contributed by atoms with E-state index in [0.717, 1.165) is 60.6 Å². The van der Waals surface area contributed by atoms with Gasteiger partial charge in [0, 0.05) is 19.6 Å². The van der Waals surface area contributed by atoms with Crippen molar-refractivity contribution in [2.45, 2.75) is 52.6 Å². The van der Waals surface area contributed by atoms with Crippen LogP contribution < -0.4 is 5.32 Å². The molecule has 0 saturated carbocycles. The van der Waals surface area contributed by atoms with E-state index in [9.17, 15) is 0 Å². The minimum absolute atomic E-state index is 0.289. The van der Waals surface area contributed by atoms with Gasteiger partial charge < -0.3 is 10.1 Å². The van der Waals surface area contributed by atoms with Crippen LogP contribution in [0.5, 0.6) is 0 Å². The van der Waals surface area contributed by atoms with Crippen molar-refractivity contribution in [3.05, 3.63) is 16.0 Å². The van der Waals surface area contributed by atoms with Gasteiger partial charge >= 0.3 is 0 Å². The number of aromatic nitrogens is 2. The van der Waals surface area contributed by atoms with E-state index < -0.39 is 0 Å². The lowest BCUT2D eigenvalue weighted by Crippen LogP contribution is -2.15. The zero-order valence-corrected chi connectivity index (χ0v) is 14.2. The summed E-state index contributed by atoms with van der Waals surface area (Å²) in [5, 5.41) is 3.32. The van der Waals surface area contributed by atoms with Crippen LogP contribution in [-0.4, -0.2) is 29.2 Å². The lowest BCUT2D eigenvalue weighted by atomic mass is 10.1. The molecule has 4 nitrogen and oxygen atoms in total. The highest BCUT2D eigenvalue weighted by atomic mass is 79.9. The molecule has 1 aliphatic rings. The van der Waals surface area contributed by atoms with Crippen LogP contribution in [0.1, 0.15) is 45.1 Å². The van der Waals surface area contributed by atoms with Gasteiger partial charge in [-0.25, -0.2) is 9.97 Å². The first-order chi connectivity index (χ1) is 9.60. The average Bonchev–Trinajstić information content (AvgIpc) is 2.87. The summed E-state index contributed by atoms with van der Waals surface area (Å²) in [4.78, 5) is 9.39. The zero-order valence-electron chi connectivity index (χ0n) is 12.6. The summed E-state index contributed by atoms with van der Waals surface area (Å²) in [5.41, 5.74) is 1.10. The van der Waals surface area contributed by atoms with Crippen molar-refractivity contribution in [2.75, 3.05) is 18.5 Å². The van der Waals surface area contributed by atoms with Crippen LogP contribution >= 0.6 is 15.9 Å². The molecule has 0 aromatic carbocycles. The monoisotopic (exact) mass is 341 g/mol. The van der Waals surface area contributed by atoms with Crippen LogP contribution in [0.15, 0.2) is 4.47 Å². The second-order valence-electron chi connectivity index (χ2n) is 5.72. The fraction of sp³-hybridized carbons (Fsp3) is 0.733. The molecule has 2 heterocycles. The number of halogens is 1. The highest BCUT2D eigenvalue weighted by Crippen LogP contribution is 2.26. The van der Waals surface area contributed by atoms with E-state index in [1.807, 2.05) is 0 Å². The molecule has 1 unspecified atom stereocenters. The quantitative estimate of drug-likeness (QED) is 0.858. The fourth-order valence-corrected chi connectivity index (χ4v) is 2.93. The Kier molecular flexibility index (Phi) is 5.78. The summed E-state index contributed by atoms with van der Waals surface area (Å²) < 4.78 is 6.70. The molecule has 0 amide bonds. The Labute approximate surface area is 129 Å². The molecule has 5 heteroatoms. The zero-order chi connectivity index (χ0) is 14.5. The number of nitrogens with zero attached hydrogens (tertiary/aromatic N) is 2. The van der Waals surface area contributed by atoms with Crippen LogP contribution in [0.4, 0.5) is 5.82 Å². The molecule has 1 atom stereocenters. The Bertz CT molecular complexity index is 445. The maximum atomic E-state index is 5.70. The predicted molar refractivity (Wildman–Crippen MR) is 85.1 cm³/mol. The third kappa shape index (κ3) is 4.16. The van der Waals surface area contributed by atoms with Crippen molar-refractivity contribution < 1.29 is 4.74 Å². The van der Waals surface area contributed by atoms with E-state index in [1.165, 1.54) is 0 Å². The minimum atomic E-state index is 0.289. The number of rotatable bonds is 6. The van der Waals surface area contributed by atoms with Gasteiger partial charge in [-0.15, -0.1) is 0 Å². The van der Waals surface area contributed by atoms with Crippen molar-refractivity contribution in [1.82, 2.24) is 9.97 Å². The van der Waals surface area contributed by atoms with Crippen molar-refractivity contribution in [1.29, 1.82) is 0 Å². The second kappa shape index (κ2) is 7.36. The van der Waals surface area contributed by atoms with Gasteiger partial charge in [0.1, 0.15) is 11.6 Å². The predicted octanol–water partition coefficient (Wildman–Crippen LogP) is 3.59. The summed E-state index contributed by atoms with van der Waals surface area (Å²) in [7, 11) is 0. The number of hydrogen-bond acceptors (Lipinski definition) is 4. The van der Waals surface area contributed by atoms with Crippen LogP contribution in [0.2, 0.25) is 0 Å². The van der Waals surface area contributed by atoms with Crippen molar-refractivity contribution in [3.63, 3.8) is 0 Å². The maximum absolute atomic E-state index is 5.70. The number of hydrogen-bond donors (Lipinski definition) is 1. The molecule has 1 N–H and O–H groups in total. The highest BCUT2D eigenvalue weighted by Gasteiger charge is 2.20. The van der Waals surface area contributed by atoms with Gasteiger partial charge in [0.25, 0.3) is 0 Å². The van der Waals surface area contributed by atoms with Crippen molar-refractivity contribution in [2.24, 2.45) is 5.92 Å². The molecular formula is C15H24BrN3O. The molecule has 0 bridgehead atoms. The van der Waals surface area contributed by atoms with Crippen molar-refractivity contribution in [3.8, 4) is 0 Å². The molecule has 2 rings (SSSR count). The Morgan fingerprint density at radius 1 is 1.40 bits per heavy atom. The Hall–Kier alpha value is -0.680. The summed E-state index contributed by atoms with van der Waals surface area (Å²) >= 11 is 3.64. The molecule has 0 radical (unpaired) electrons. The van der Waals surface area contributed by atoms with Crippen LogP contribution in [0.3, 0.4) is 0 Å². The van der Waals surface area contributed by atoms with Gasteiger partial charge in [-0.3, -0.25) is 0 Å². The largest absolute Gasteiger partial charge is 0.378 e. The Morgan fingerprint density at radius 2 is 2.20 bits per heavy atom. The fourth-order valence-electron chi connectivity index (χ4n) is 2.45. The van der Waals surface area contributed by atoms with Gasteiger partial charge in [0.05, 0.1) is 16.3 Å². The molecule has 20 heavy (non-hydrogen) atoms. The molecule has 112 valence electrons. The first-order valence-corrected chi connectivity index (χ1v) is 8.30. The van der Waals surface area contributed by atoms with E-state index >= 15 is 0 Å². The van der Waals surface area contributed by atoms with E-state index in [-0.39, 0.29) is 6.10 Å². The molecule has 0 aliphatic carbocycles. The summed E-state index contributed by atoms with van der Waals surface area (Å²) in [5.74, 6) is 2.38. The Balaban J connectivity index is 2.23. The topological polar surface area (TPSA) is 47.0 Å². The molecule has 1 aromatic heterocycles. The number of nitrogens with one attached hydrogen (secondary N) is 1. The number of ether oxygens (including phenoxy) is 1. The SMILES string of the molecule is CCNc1nc(CC2CCCO2)nc(CC(C)C)c1Br. The standard InChI is InChI=1S/C15H24BrN3O/c1-4-17-15-14(16)12(8-10(2)3)18-13(19-15)9-11-6-5-7-20-11/h10-11H,4-9H2,1-3H3,(H,17,18,19). The first kappa shape index (κ1) is 15.7. The molecular weight excluding hydrogens is 318 g/mol. The third-order valence-corrected chi connectivity index (χ3v) is 4.18. The molecule has 1 aromatic rings. The summed E-state index contributed by atoms with van der Waals surface area (Å²) in [6.45, 7) is 8.23. The third-order valence-electron chi connectivity index (χ3n) is 3.35. The van der Waals surface area contributed by atoms with Crippen molar-refractivity contribution >= 4 is 21.7 Å². The van der Waals surface area contributed by atoms with Gasteiger partial charge in [0.15, 0.2) is 0 Å². The maximum Gasteiger partial charge on any atom is 0.144 e. The molecule has 1 fully saturated rings. The van der Waals surface area contributed by atoms with E-state index in [0.29, 0.717) is 5.92 Å². The van der Waals surface area contributed by atoms with Crippen LogP contribution in [0.25, 0.3) is 0 Å². The minimum Gasteiger partial charge on any atom is -0.378 e. The van der Waals surface area contributed by atoms with E-state index in [1.54, 1.807) is 0 Å². The lowest BCUT2D eigenvalue weighted by Gasteiger charge is -2.15. The smallest absolute Gasteiger partial charge is 0.144 e. The van der Waals surface area contributed by atoms with Gasteiger partial charge in [0.2, 0.25) is 0 Å². The summed E-state index contributed by atoms with van der Waals surface area (Å²) in [6.07, 6.45) is 4.34. The van der Waals surface area contributed by atoms with Gasteiger partial charge in [-0.05, 0) is 48.0 Å². The van der Waals surface area contributed by atoms with Crippen LogP contribution in [-0.2, 0) is 17.6 Å². The first-order valence-electron chi connectivity index (χ1n) is 7.50.